The van der Waals surface area contributed by atoms with Gasteiger partial charge in [0.2, 0.25) is 5.91 Å². The molecule has 2 heteroatoms. The third-order valence-electron chi connectivity index (χ3n) is 5.35. The standard InChI is InChI=1S/C26H25NO/c28-26-24(18-21-10-4-1-5-11-21)16-17-25(19-22-12-6-2-7-13-22)27(26)20-23-14-8-3-9-15-23/h1-17,24-25H,18-20H2/t24-,25-/m1/s1. The first-order valence-corrected chi connectivity index (χ1v) is 9.90. The molecule has 0 aliphatic carbocycles. The summed E-state index contributed by atoms with van der Waals surface area (Å²) in [6.07, 6.45) is 5.93. The number of hydrogen-bond donors (Lipinski definition) is 0. The third-order valence-corrected chi connectivity index (χ3v) is 5.35. The van der Waals surface area contributed by atoms with E-state index in [1.54, 1.807) is 0 Å². The highest BCUT2D eigenvalue weighted by atomic mass is 16.2. The van der Waals surface area contributed by atoms with Crippen molar-refractivity contribution in [3.05, 3.63) is 120 Å². The van der Waals surface area contributed by atoms with Gasteiger partial charge in [-0.05, 0) is 29.5 Å². The summed E-state index contributed by atoms with van der Waals surface area (Å²) >= 11 is 0. The Morgan fingerprint density at radius 2 is 1.11 bits per heavy atom. The average molecular weight is 367 g/mol. The lowest BCUT2D eigenvalue weighted by atomic mass is 9.90. The average Bonchev–Trinajstić information content (AvgIpc) is 2.75. The Morgan fingerprint density at radius 3 is 1.68 bits per heavy atom. The monoisotopic (exact) mass is 367 g/mol. The van der Waals surface area contributed by atoms with E-state index in [4.69, 9.17) is 0 Å². The van der Waals surface area contributed by atoms with Crippen molar-refractivity contribution < 1.29 is 4.79 Å². The topological polar surface area (TPSA) is 20.3 Å². The number of carbonyl (C=O) groups is 1. The minimum absolute atomic E-state index is 0.0853. The molecular weight excluding hydrogens is 342 g/mol. The van der Waals surface area contributed by atoms with E-state index < -0.39 is 0 Å². The zero-order valence-electron chi connectivity index (χ0n) is 15.9. The second kappa shape index (κ2) is 8.71. The molecule has 0 N–H and O–H groups in total. The maximum Gasteiger partial charge on any atom is 0.230 e. The molecule has 0 saturated carbocycles. The van der Waals surface area contributed by atoms with E-state index in [-0.39, 0.29) is 17.9 Å². The molecule has 0 bridgehead atoms. The van der Waals surface area contributed by atoms with E-state index in [0.717, 1.165) is 12.8 Å². The highest BCUT2D eigenvalue weighted by Crippen LogP contribution is 2.25. The molecule has 3 aromatic carbocycles. The van der Waals surface area contributed by atoms with Crippen LogP contribution in [-0.4, -0.2) is 16.8 Å². The summed E-state index contributed by atoms with van der Waals surface area (Å²) in [6.45, 7) is 0.646. The number of nitrogens with zero attached hydrogens (tertiary/aromatic N) is 1. The Balaban J connectivity index is 1.58. The minimum atomic E-state index is -0.0989. The smallest absolute Gasteiger partial charge is 0.230 e. The summed E-state index contributed by atoms with van der Waals surface area (Å²) in [5, 5.41) is 0. The molecule has 0 radical (unpaired) electrons. The molecule has 1 aliphatic heterocycles. The van der Waals surface area contributed by atoms with Crippen molar-refractivity contribution in [2.75, 3.05) is 0 Å². The zero-order valence-corrected chi connectivity index (χ0v) is 15.9. The number of rotatable bonds is 6. The van der Waals surface area contributed by atoms with Crippen LogP contribution < -0.4 is 0 Å². The second-order valence-electron chi connectivity index (χ2n) is 7.39. The summed E-state index contributed by atoms with van der Waals surface area (Å²) in [5.74, 6) is 0.120. The van der Waals surface area contributed by atoms with Gasteiger partial charge < -0.3 is 4.90 Å². The van der Waals surface area contributed by atoms with Crippen molar-refractivity contribution in [1.82, 2.24) is 4.90 Å². The summed E-state index contributed by atoms with van der Waals surface area (Å²) in [7, 11) is 0. The van der Waals surface area contributed by atoms with Gasteiger partial charge in [0.15, 0.2) is 0 Å². The van der Waals surface area contributed by atoms with E-state index >= 15 is 0 Å². The van der Waals surface area contributed by atoms with Gasteiger partial charge in [0.25, 0.3) is 0 Å². The highest BCUT2D eigenvalue weighted by molar-refractivity contribution is 5.82. The first-order chi connectivity index (χ1) is 13.8. The van der Waals surface area contributed by atoms with Crippen molar-refractivity contribution in [2.24, 2.45) is 5.92 Å². The van der Waals surface area contributed by atoms with Crippen LogP contribution in [0.2, 0.25) is 0 Å². The van der Waals surface area contributed by atoms with Gasteiger partial charge in [-0.15, -0.1) is 0 Å². The Hall–Kier alpha value is -3.13. The van der Waals surface area contributed by atoms with Crippen LogP contribution in [0.1, 0.15) is 16.7 Å². The molecule has 3 aromatic rings. The largest absolute Gasteiger partial charge is 0.331 e. The van der Waals surface area contributed by atoms with E-state index in [0.29, 0.717) is 6.54 Å². The van der Waals surface area contributed by atoms with Gasteiger partial charge in [0, 0.05) is 6.54 Å². The van der Waals surface area contributed by atoms with Crippen LogP contribution in [0.4, 0.5) is 0 Å². The molecule has 1 aliphatic rings. The molecular formula is C26H25NO. The van der Waals surface area contributed by atoms with Crippen molar-refractivity contribution in [3.8, 4) is 0 Å². The predicted molar refractivity (Wildman–Crippen MR) is 114 cm³/mol. The zero-order chi connectivity index (χ0) is 19.2. The molecule has 0 spiro atoms. The third kappa shape index (κ3) is 4.40. The SMILES string of the molecule is O=C1[C@@H](Cc2ccccc2)C=C[C@H](Cc2ccccc2)N1Cc1ccccc1. The lowest BCUT2D eigenvalue weighted by Gasteiger charge is -2.36. The van der Waals surface area contributed by atoms with Gasteiger partial charge >= 0.3 is 0 Å². The van der Waals surface area contributed by atoms with Gasteiger partial charge in [-0.1, -0.05) is 103 Å². The van der Waals surface area contributed by atoms with Gasteiger partial charge in [-0.2, -0.15) is 0 Å². The molecule has 0 fully saturated rings. The predicted octanol–water partition coefficient (Wildman–Crippen LogP) is 5.06. The normalized spacial score (nSPS) is 19.0. The lowest BCUT2D eigenvalue weighted by Crippen LogP contribution is -2.46. The molecule has 28 heavy (non-hydrogen) atoms. The molecule has 0 aromatic heterocycles. The number of amides is 1. The molecule has 0 saturated heterocycles. The Morgan fingerprint density at radius 1 is 0.607 bits per heavy atom. The number of benzene rings is 3. The van der Waals surface area contributed by atoms with Crippen molar-refractivity contribution in [1.29, 1.82) is 0 Å². The van der Waals surface area contributed by atoms with E-state index in [1.807, 2.05) is 42.5 Å². The maximum absolute atomic E-state index is 13.4. The van der Waals surface area contributed by atoms with Crippen molar-refractivity contribution in [2.45, 2.75) is 25.4 Å². The van der Waals surface area contributed by atoms with Crippen molar-refractivity contribution >= 4 is 5.91 Å². The minimum Gasteiger partial charge on any atom is -0.331 e. The Kier molecular flexibility index (Phi) is 5.67. The fraction of sp³-hybridized carbons (Fsp3) is 0.192. The summed E-state index contributed by atoms with van der Waals surface area (Å²) < 4.78 is 0. The number of carbonyl (C=O) groups excluding carboxylic acids is 1. The first kappa shape index (κ1) is 18.2. The summed E-state index contributed by atoms with van der Waals surface area (Å²) in [4.78, 5) is 15.5. The van der Waals surface area contributed by atoms with Crippen LogP contribution in [0.3, 0.4) is 0 Å². The molecule has 140 valence electrons. The number of hydrogen-bond acceptors (Lipinski definition) is 1. The van der Waals surface area contributed by atoms with Crippen LogP contribution in [0.5, 0.6) is 0 Å². The van der Waals surface area contributed by atoms with E-state index in [1.165, 1.54) is 16.7 Å². The van der Waals surface area contributed by atoms with Crippen LogP contribution in [-0.2, 0) is 24.2 Å². The molecule has 4 rings (SSSR count). The molecule has 2 nitrogen and oxygen atoms in total. The Bertz CT molecular complexity index is 918. The van der Waals surface area contributed by atoms with Crippen LogP contribution in [0.15, 0.2) is 103 Å². The van der Waals surface area contributed by atoms with E-state index in [9.17, 15) is 4.79 Å². The first-order valence-electron chi connectivity index (χ1n) is 9.90. The van der Waals surface area contributed by atoms with Crippen LogP contribution in [0.25, 0.3) is 0 Å². The summed E-state index contributed by atoms with van der Waals surface area (Å²) in [6, 6.07) is 31.0. The molecule has 1 heterocycles. The second-order valence-corrected chi connectivity index (χ2v) is 7.39. The fourth-order valence-corrected chi connectivity index (χ4v) is 3.86. The van der Waals surface area contributed by atoms with Crippen LogP contribution >= 0.6 is 0 Å². The molecule has 1 amide bonds. The van der Waals surface area contributed by atoms with E-state index in [2.05, 4.69) is 65.6 Å². The fourth-order valence-electron chi connectivity index (χ4n) is 3.86. The Labute approximate surface area is 167 Å². The van der Waals surface area contributed by atoms with Gasteiger partial charge in [-0.3, -0.25) is 4.79 Å². The van der Waals surface area contributed by atoms with Crippen LogP contribution in [0, 0.1) is 5.92 Å². The van der Waals surface area contributed by atoms with Gasteiger partial charge in [0.1, 0.15) is 0 Å². The van der Waals surface area contributed by atoms with Gasteiger partial charge in [0.05, 0.1) is 12.0 Å². The quantitative estimate of drug-likeness (QED) is 0.558. The van der Waals surface area contributed by atoms with Gasteiger partial charge in [-0.25, -0.2) is 0 Å². The maximum atomic E-state index is 13.4. The lowest BCUT2D eigenvalue weighted by molar-refractivity contribution is -0.137. The molecule has 2 atom stereocenters. The van der Waals surface area contributed by atoms with Crippen molar-refractivity contribution in [3.63, 3.8) is 0 Å². The molecule has 0 unspecified atom stereocenters. The highest BCUT2D eigenvalue weighted by Gasteiger charge is 2.31. The summed E-state index contributed by atoms with van der Waals surface area (Å²) in [5.41, 5.74) is 3.62.